The molecule has 0 aromatic heterocycles. The number of carboxylic acids is 1. The molecule has 2 aliphatic carbocycles. The highest BCUT2D eigenvalue weighted by molar-refractivity contribution is 5.97. The van der Waals surface area contributed by atoms with Crippen LogP contribution in [-0.2, 0) is 16.0 Å². The van der Waals surface area contributed by atoms with Crippen molar-refractivity contribution in [2.75, 3.05) is 11.4 Å². The predicted octanol–water partition coefficient (Wildman–Crippen LogP) is 4.42. The van der Waals surface area contributed by atoms with Crippen molar-refractivity contribution in [3.8, 4) is 0 Å². The first kappa shape index (κ1) is 20.3. The Bertz CT molecular complexity index is 956. The molecule has 5 rings (SSSR count). The summed E-state index contributed by atoms with van der Waals surface area (Å²) in [4.78, 5) is 29.4. The molecule has 0 unspecified atom stereocenters. The van der Waals surface area contributed by atoms with Crippen LogP contribution in [0, 0.1) is 5.92 Å². The average molecular weight is 419 g/mol. The van der Waals surface area contributed by atoms with Crippen LogP contribution >= 0.6 is 0 Å². The topological polar surface area (TPSA) is 60.9 Å². The Balaban J connectivity index is 1.51. The van der Waals surface area contributed by atoms with Crippen molar-refractivity contribution in [2.24, 2.45) is 5.92 Å². The van der Waals surface area contributed by atoms with Gasteiger partial charge in [-0.25, -0.2) is 0 Å². The summed E-state index contributed by atoms with van der Waals surface area (Å²) in [5.41, 5.74) is 3.27. The highest BCUT2D eigenvalue weighted by Gasteiger charge is 2.49. The van der Waals surface area contributed by atoms with Crippen LogP contribution in [-0.4, -0.2) is 40.5 Å². The van der Waals surface area contributed by atoms with Gasteiger partial charge < -0.3 is 10.0 Å². The van der Waals surface area contributed by atoms with Crippen LogP contribution in [0.25, 0.3) is 0 Å². The summed E-state index contributed by atoms with van der Waals surface area (Å²) in [6.45, 7) is 0.584. The Hall–Kier alpha value is -2.66. The number of aliphatic carboxylic acids is 1. The van der Waals surface area contributed by atoms with E-state index in [4.69, 9.17) is 0 Å². The largest absolute Gasteiger partial charge is 0.481 e. The number of nitrogens with zero attached hydrogens (tertiary/aromatic N) is 2. The highest BCUT2D eigenvalue weighted by Crippen LogP contribution is 2.52. The minimum atomic E-state index is -0.739. The van der Waals surface area contributed by atoms with E-state index >= 15 is 0 Å². The van der Waals surface area contributed by atoms with E-state index in [1.54, 1.807) is 0 Å². The maximum Gasteiger partial charge on any atom is 0.304 e. The molecule has 162 valence electrons. The lowest BCUT2D eigenvalue weighted by Gasteiger charge is -2.48. The van der Waals surface area contributed by atoms with Gasteiger partial charge in [0, 0.05) is 30.4 Å². The fourth-order valence-corrected chi connectivity index (χ4v) is 5.80. The van der Waals surface area contributed by atoms with E-state index in [1.807, 2.05) is 36.4 Å². The molecule has 0 radical (unpaired) electrons. The number of benzene rings is 2. The van der Waals surface area contributed by atoms with Crippen molar-refractivity contribution in [1.29, 1.82) is 0 Å². The Morgan fingerprint density at radius 1 is 0.968 bits per heavy atom. The SMILES string of the molecule is O=C(O)CCN(C1CC1)[C@@H]1c2ccccc2N(C(=O)Cc2ccccc2)[C@@H]2CCC[C@@H]21. The molecule has 1 aliphatic heterocycles. The van der Waals surface area contributed by atoms with E-state index in [9.17, 15) is 14.7 Å². The summed E-state index contributed by atoms with van der Waals surface area (Å²) < 4.78 is 0. The number of carboxylic acid groups (broad SMARTS) is 1. The lowest BCUT2D eigenvalue weighted by atomic mass is 9.81. The van der Waals surface area contributed by atoms with Crippen molar-refractivity contribution in [2.45, 2.75) is 63.1 Å². The van der Waals surface area contributed by atoms with Gasteiger partial charge in [0.2, 0.25) is 5.91 Å². The minimum absolute atomic E-state index is 0.164. The molecule has 5 nitrogen and oxygen atoms in total. The predicted molar refractivity (Wildman–Crippen MR) is 120 cm³/mol. The normalized spacial score (nSPS) is 24.7. The standard InChI is InChI=1S/C26H30N2O3/c29-24(17-18-7-2-1-3-8-18)28-22-11-5-4-9-20(22)26(21-10-6-12-23(21)28)27(19-13-14-19)16-15-25(30)31/h1-5,7-9,11,19,21,23,26H,6,10,12-17H2,(H,30,31)/t21-,23+,26+/m0/s1. The van der Waals surface area contributed by atoms with Crippen molar-refractivity contribution < 1.29 is 14.7 Å². The molecule has 1 N–H and O–H groups in total. The minimum Gasteiger partial charge on any atom is -0.481 e. The molecule has 31 heavy (non-hydrogen) atoms. The third-order valence-corrected chi connectivity index (χ3v) is 7.21. The van der Waals surface area contributed by atoms with Crippen LogP contribution in [0.15, 0.2) is 54.6 Å². The van der Waals surface area contributed by atoms with Crippen molar-refractivity contribution in [3.05, 3.63) is 65.7 Å². The zero-order valence-corrected chi connectivity index (χ0v) is 17.8. The molecule has 3 atom stereocenters. The van der Waals surface area contributed by atoms with E-state index in [2.05, 4.69) is 28.0 Å². The molecule has 2 fully saturated rings. The van der Waals surface area contributed by atoms with Gasteiger partial charge in [0.25, 0.3) is 0 Å². The number of amides is 1. The number of fused-ring (bicyclic) bond motifs is 2. The first-order valence-electron chi connectivity index (χ1n) is 11.6. The van der Waals surface area contributed by atoms with Crippen molar-refractivity contribution in [3.63, 3.8) is 0 Å². The molecule has 2 aromatic carbocycles. The van der Waals surface area contributed by atoms with Gasteiger partial charge in [-0.2, -0.15) is 0 Å². The Kier molecular flexibility index (Phi) is 5.53. The Labute approximate surface area is 183 Å². The molecule has 2 aromatic rings. The van der Waals surface area contributed by atoms with E-state index in [0.29, 0.717) is 24.9 Å². The number of hydrogen-bond donors (Lipinski definition) is 1. The third kappa shape index (κ3) is 3.99. The fourth-order valence-electron chi connectivity index (χ4n) is 5.80. The number of carbonyl (C=O) groups excluding carboxylic acids is 1. The van der Waals surface area contributed by atoms with Crippen LogP contribution < -0.4 is 4.90 Å². The molecule has 1 heterocycles. The highest BCUT2D eigenvalue weighted by atomic mass is 16.4. The summed E-state index contributed by atoms with van der Waals surface area (Å²) in [7, 11) is 0. The van der Waals surface area contributed by atoms with E-state index in [0.717, 1.165) is 43.4 Å². The monoisotopic (exact) mass is 418 g/mol. The smallest absolute Gasteiger partial charge is 0.304 e. The number of para-hydroxylation sites is 1. The van der Waals surface area contributed by atoms with Gasteiger partial charge in [-0.15, -0.1) is 0 Å². The van der Waals surface area contributed by atoms with Gasteiger partial charge in [0.05, 0.1) is 12.8 Å². The number of hydrogen-bond acceptors (Lipinski definition) is 3. The van der Waals surface area contributed by atoms with Gasteiger partial charge in [0.1, 0.15) is 0 Å². The molecular weight excluding hydrogens is 388 g/mol. The first-order valence-corrected chi connectivity index (χ1v) is 11.6. The second-order valence-corrected chi connectivity index (χ2v) is 9.20. The molecule has 3 aliphatic rings. The summed E-state index contributed by atoms with van der Waals surface area (Å²) >= 11 is 0. The molecule has 0 spiro atoms. The van der Waals surface area contributed by atoms with Crippen molar-refractivity contribution in [1.82, 2.24) is 4.90 Å². The van der Waals surface area contributed by atoms with Crippen LogP contribution in [0.4, 0.5) is 5.69 Å². The fraction of sp³-hybridized carbons (Fsp3) is 0.462. The van der Waals surface area contributed by atoms with E-state index in [1.165, 1.54) is 5.56 Å². The zero-order valence-electron chi connectivity index (χ0n) is 17.8. The van der Waals surface area contributed by atoms with Gasteiger partial charge >= 0.3 is 5.97 Å². The van der Waals surface area contributed by atoms with Crippen LogP contribution in [0.1, 0.15) is 55.7 Å². The van der Waals surface area contributed by atoms with Gasteiger partial charge in [-0.05, 0) is 48.8 Å². The Morgan fingerprint density at radius 2 is 1.71 bits per heavy atom. The third-order valence-electron chi connectivity index (χ3n) is 7.21. The van der Waals surface area contributed by atoms with Crippen molar-refractivity contribution >= 4 is 17.6 Å². The quantitative estimate of drug-likeness (QED) is 0.723. The number of carbonyl (C=O) groups is 2. The molecular formula is C26H30N2O3. The molecule has 0 saturated heterocycles. The van der Waals surface area contributed by atoms with Crippen LogP contribution in [0.5, 0.6) is 0 Å². The average Bonchev–Trinajstić information content (AvgIpc) is 3.50. The lowest BCUT2D eigenvalue weighted by Crippen LogP contribution is -2.52. The van der Waals surface area contributed by atoms with Crippen LogP contribution in [0.3, 0.4) is 0 Å². The zero-order chi connectivity index (χ0) is 21.4. The van der Waals surface area contributed by atoms with Crippen LogP contribution in [0.2, 0.25) is 0 Å². The molecule has 0 bridgehead atoms. The second-order valence-electron chi connectivity index (χ2n) is 9.20. The second kappa shape index (κ2) is 8.46. The first-order chi connectivity index (χ1) is 15.1. The van der Waals surface area contributed by atoms with Gasteiger partial charge in [-0.3, -0.25) is 14.5 Å². The summed E-state index contributed by atoms with van der Waals surface area (Å²) in [5, 5.41) is 9.32. The molecule has 2 saturated carbocycles. The summed E-state index contributed by atoms with van der Waals surface area (Å²) in [6.07, 6.45) is 6.10. The molecule has 5 heteroatoms. The number of rotatable bonds is 7. The van der Waals surface area contributed by atoms with Gasteiger partial charge in [0.15, 0.2) is 0 Å². The maximum atomic E-state index is 13.5. The summed E-state index contributed by atoms with van der Waals surface area (Å²) in [5.74, 6) is -0.209. The number of anilines is 1. The van der Waals surface area contributed by atoms with Gasteiger partial charge in [-0.1, -0.05) is 55.0 Å². The maximum absolute atomic E-state index is 13.5. The molecule has 1 amide bonds. The van der Waals surface area contributed by atoms with E-state index in [-0.39, 0.29) is 24.4 Å². The van der Waals surface area contributed by atoms with E-state index < -0.39 is 5.97 Å². The summed E-state index contributed by atoms with van der Waals surface area (Å²) in [6, 6.07) is 19.2. The lowest BCUT2D eigenvalue weighted by molar-refractivity contribution is -0.137. The Morgan fingerprint density at radius 3 is 2.45 bits per heavy atom.